The Hall–Kier alpha value is -2.54. The number of nitrogens with zero attached hydrogens (tertiary/aromatic N) is 5. The molecule has 30 heavy (non-hydrogen) atoms. The molecule has 7 nitrogen and oxygen atoms in total. The predicted molar refractivity (Wildman–Crippen MR) is 119 cm³/mol. The summed E-state index contributed by atoms with van der Waals surface area (Å²) in [6.45, 7) is 12.4. The first-order valence-corrected chi connectivity index (χ1v) is 11.0. The van der Waals surface area contributed by atoms with Crippen molar-refractivity contribution in [1.29, 1.82) is 0 Å². The van der Waals surface area contributed by atoms with Gasteiger partial charge in [-0.1, -0.05) is 25.5 Å². The van der Waals surface area contributed by atoms with Gasteiger partial charge in [-0.2, -0.15) is 0 Å². The molecule has 1 atom stereocenters. The van der Waals surface area contributed by atoms with Crippen molar-refractivity contribution in [2.24, 2.45) is 0 Å². The Kier molecular flexibility index (Phi) is 5.49. The van der Waals surface area contributed by atoms with E-state index in [0.29, 0.717) is 0 Å². The summed E-state index contributed by atoms with van der Waals surface area (Å²) >= 11 is 0. The number of tetrazole rings is 1. The normalized spacial score (nSPS) is 16.8. The van der Waals surface area contributed by atoms with Crippen LogP contribution < -0.4 is 5.56 Å². The molecule has 0 radical (unpaired) electrons. The number of pyridine rings is 1. The highest BCUT2D eigenvalue weighted by Crippen LogP contribution is 2.32. The molecule has 4 rings (SSSR count). The molecular weight excluding hydrogens is 376 g/mol. The number of rotatable bonds is 5. The van der Waals surface area contributed by atoms with E-state index in [9.17, 15) is 4.79 Å². The van der Waals surface area contributed by atoms with Crippen molar-refractivity contribution >= 4 is 10.9 Å². The van der Waals surface area contributed by atoms with Gasteiger partial charge in [0, 0.05) is 10.9 Å². The highest BCUT2D eigenvalue weighted by Gasteiger charge is 2.34. The van der Waals surface area contributed by atoms with E-state index < -0.39 is 0 Å². The van der Waals surface area contributed by atoms with E-state index in [0.717, 1.165) is 65.8 Å². The summed E-state index contributed by atoms with van der Waals surface area (Å²) in [5.74, 6) is 0.749. The molecule has 160 valence electrons. The topological polar surface area (TPSA) is 79.7 Å². The highest BCUT2D eigenvalue weighted by molar-refractivity contribution is 5.85. The fourth-order valence-electron chi connectivity index (χ4n) is 4.42. The van der Waals surface area contributed by atoms with Gasteiger partial charge in [0.2, 0.25) is 0 Å². The second kappa shape index (κ2) is 7.95. The summed E-state index contributed by atoms with van der Waals surface area (Å²) in [6.07, 6.45) is 4.36. The third-order valence-electron chi connectivity index (χ3n) is 6.70. The Morgan fingerprint density at radius 3 is 2.53 bits per heavy atom. The SMILES string of the molecule is CCC(C)(C)n1nnnc1[C@H](c1cc2c(C)ccc(C)c2[nH]c1=O)N1CCCCC1. The van der Waals surface area contributed by atoms with Crippen molar-refractivity contribution < 1.29 is 0 Å². The molecule has 1 fully saturated rings. The van der Waals surface area contributed by atoms with Crippen LogP contribution in [-0.2, 0) is 5.54 Å². The molecule has 2 aromatic heterocycles. The van der Waals surface area contributed by atoms with Crippen LogP contribution in [0.3, 0.4) is 0 Å². The lowest BCUT2D eigenvalue weighted by Gasteiger charge is -2.35. The zero-order chi connectivity index (χ0) is 21.5. The minimum atomic E-state index is -0.265. The fourth-order valence-corrected chi connectivity index (χ4v) is 4.42. The summed E-state index contributed by atoms with van der Waals surface area (Å²) in [5.41, 5.74) is 3.57. The molecule has 0 aliphatic carbocycles. The molecular formula is C23H32N6O. The zero-order valence-corrected chi connectivity index (χ0v) is 18.7. The third-order valence-corrected chi connectivity index (χ3v) is 6.70. The van der Waals surface area contributed by atoms with Crippen molar-refractivity contribution in [3.05, 3.63) is 51.1 Å². The summed E-state index contributed by atoms with van der Waals surface area (Å²) in [4.78, 5) is 18.9. The van der Waals surface area contributed by atoms with E-state index in [2.05, 4.69) is 71.3 Å². The van der Waals surface area contributed by atoms with Gasteiger partial charge in [-0.05, 0) is 87.7 Å². The van der Waals surface area contributed by atoms with Gasteiger partial charge < -0.3 is 4.98 Å². The lowest BCUT2D eigenvalue weighted by Crippen LogP contribution is -2.40. The van der Waals surface area contributed by atoms with Crippen molar-refractivity contribution in [2.75, 3.05) is 13.1 Å². The maximum atomic E-state index is 13.3. The van der Waals surface area contributed by atoms with E-state index in [4.69, 9.17) is 0 Å². The van der Waals surface area contributed by atoms with Crippen LogP contribution in [-0.4, -0.2) is 43.2 Å². The molecule has 0 bridgehead atoms. The molecule has 1 N–H and O–H groups in total. The van der Waals surface area contributed by atoms with Gasteiger partial charge >= 0.3 is 0 Å². The highest BCUT2D eigenvalue weighted by atomic mass is 16.1. The van der Waals surface area contributed by atoms with Gasteiger partial charge in [0.25, 0.3) is 5.56 Å². The number of hydrogen-bond donors (Lipinski definition) is 1. The van der Waals surface area contributed by atoms with Gasteiger partial charge in [-0.3, -0.25) is 9.69 Å². The van der Waals surface area contributed by atoms with Crippen molar-refractivity contribution in [3.8, 4) is 0 Å². The fraction of sp³-hybridized carbons (Fsp3) is 0.565. The molecule has 0 spiro atoms. The number of nitrogens with one attached hydrogen (secondary N) is 1. The third kappa shape index (κ3) is 3.55. The minimum absolute atomic E-state index is 0.0596. The summed E-state index contributed by atoms with van der Waals surface area (Å²) in [7, 11) is 0. The maximum Gasteiger partial charge on any atom is 0.253 e. The predicted octanol–water partition coefficient (Wildman–Crippen LogP) is 3.85. The van der Waals surface area contributed by atoms with Crippen LogP contribution in [0.5, 0.6) is 0 Å². The van der Waals surface area contributed by atoms with E-state index in [1.165, 1.54) is 6.42 Å². The summed E-state index contributed by atoms with van der Waals surface area (Å²) in [5, 5.41) is 13.9. The first-order valence-electron chi connectivity index (χ1n) is 11.0. The van der Waals surface area contributed by atoms with Crippen LogP contribution in [0.4, 0.5) is 0 Å². The Bertz CT molecular complexity index is 1110. The Labute approximate surface area is 177 Å². The van der Waals surface area contributed by atoms with E-state index in [1.807, 2.05) is 11.6 Å². The number of aromatic amines is 1. The van der Waals surface area contributed by atoms with Crippen molar-refractivity contribution in [2.45, 2.75) is 71.9 Å². The zero-order valence-electron chi connectivity index (χ0n) is 18.7. The van der Waals surface area contributed by atoms with Crippen molar-refractivity contribution in [3.63, 3.8) is 0 Å². The first kappa shape index (κ1) is 20.7. The number of benzene rings is 1. The average molecular weight is 409 g/mol. The molecule has 0 amide bonds. The number of hydrogen-bond acceptors (Lipinski definition) is 5. The second-order valence-corrected chi connectivity index (χ2v) is 9.16. The Morgan fingerprint density at radius 1 is 1.13 bits per heavy atom. The molecule has 1 saturated heterocycles. The van der Waals surface area contributed by atoms with Gasteiger partial charge in [0.05, 0.1) is 11.1 Å². The molecule has 0 saturated carbocycles. The number of aryl methyl sites for hydroxylation is 2. The van der Waals surface area contributed by atoms with Crippen LogP contribution in [0, 0.1) is 13.8 Å². The number of likely N-dealkylation sites (tertiary alicyclic amines) is 1. The van der Waals surface area contributed by atoms with Gasteiger partial charge in [-0.15, -0.1) is 5.10 Å². The maximum absolute atomic E-state index is 13.3. The standard InChI is InChI=1S/C23H32N6O/c1-6-23(4,5)29-21(25-26-27-29)20(28-12-8-7-9-13-28)18-14-17-15(2)10-11-16(3)19(17)24-22(18)30/h10-11,14,20H,6-9,12-13H2,1-5H3,(H,24,30)/t20-/m0/s1. The van der Waals surface area contributed by atoms with Crippen LogP contribution in [0.15, 0.2) is 23.0 Å². The van der Waals surface area contributed by atoms with Crippen LogP contribution >= 0.6 is 0 Å². The smallest absolute Gasteiger partial charge is 0.253 e. The molecule has 1 aromatic carbocycles. The largest absolute Gasteiger partial charge is 0.321 e. The average Bonchev–Trinajstić information content (AvgIpc) is 3.23. The summed E-state index contributed by atoms with van der Waals surface area (Å²) < 4.78 is 1.92. The molecule has 3 heterocycles. The monoisotopic (exact) mass is 408 g/mol. The second-order valence-electron chi connectivity index (χ2n) is 9.16. The molecule has 7 heteroatoms. The number of H-pyrrole nitrogens is 1. The van der Waals surface area contributed by atoms with Crippen LogP contribution in [0.25, 0.3) is 10.9 Å². The number of fused-ring (bicyclic) bond motifs is 1. The number of aromatic nitrogens is 5. The van der Waals surface area contributed by atoms with Gasteiger partial charge in [0.1, 0.15) is 6.04 Å². The lowest BCUT2D eigenvalue weighted by molar-refractivity contribution is 0.167. The van der Waals surface area contributed by atoms with Crippen LogP contribution in [0.2, 0.25) is 0 Å². The van der Waals surface area contributed by atoms with E-state index in [1.54, 1.807) is 0 Å². The van der Waals surface area contributed by atoms with Gasteiger partial charge in [0.15, 0.2) is 5.82 Å². The molecule has 3 aromatic rings. The first-order chi connectivity index (χ1) is 14.3. The molecule has 0 unspecified atom stereocenters. The van der Waals surface area contributed by atoms with Gasteiger partial charge in [-0.25, -0.2) is 4.68 Å². The molecule has 1 aliphatic heterocycles. The number of piperidine rings is 1. The van der Waals surface area contributed by atoms with Crippen molar-refractivity contribution in [1.82, 2.24) is 30.1 Å². The Morgan fingerprint density at radius 2 is 1.83 bits per heavy atom. The van der Waals surface area contributed by atoms with E-state index in [-0.39, 0.29) is 17.1 Å². The quantitative estimate of drug-likeness (QED) is 0.694. The summed E-state index contributed by atoms with van der Waals surface area (Å²) in [6, 6.07) is 5.96. The van der Waals surface area contributed by atoms with Crippen LogP contribution in [0.1, 0.15) is 75.0 Å². The van der Waals surface area contributed by atoms with E-state index >= 15 is 0 Å². The Balaban J connectivity index is 1.95. The molecule has 1 aliphatic rings. The minimum Gasteiger partial charge on any atom is -0.321 e. The lowest BCUT2D eigenvalue weighted by atomic mass is 9.96.